The van der Waals surface area contributed by atoms with Crippen molar-refractivity contribution in [1.82, 2.24) is 30.8 Å². The van der Waals surface area contributed by atoms with Crippen molar-refractivity contribution in [2.75, 3.05) is 34.3 Å². The molecular weight excluding hydrogens is 460 g/mol. The molecular formula is C26H30N6O4. The first kappa shape index (κ1) is 26.3. The largest absolute Gasteiger partial charge is 0.497 e. The molecule has 1 heterocycles. The first-order valence-corrected chi connectivity index (χ1v) is 11.4. The molecule has 0 fully saturated rings. The van der Waals surface area contributed by atoms with Gasteiger partial charge in [-0.25, -0.2) is 9.97 Å². The summed E-state index contributed by atoms with van der Waals surface area (Å²) in [7, 11) is 5.46. The van der Waals surface area contributed by atoms with Crippen LogP contribution in [-0.2, 0) is 13.1 Å². The molecule has 10 heteroatoms. The Morgan fingerprint density at radius 3 is 2.06 bits per heavy atom. The first-order valence-electron chi connectivity index (χ1n) is 11.4. The number of likely N-dealkylation sites (N-methyl/N-ethyl adjacent to an activating group) is 1. The highest BCUT2D eigenvalue weighted by atomic mass is 16.5. The van der Waals surface area contributed by atoms with Gasteiger partial charge in [-0.3, -0.25) is 14.4 Å². The molecule has 0 unspecified atom stereocenters. The van der Waals surface area contributed by atoms with Gasteiger partial charge in [-0.2, -0.15) is 0 Å². The molecule has 0 saturated carbocycles. The number of amides is 3. The van der Waals surface area contributed by atoms with Crippen molar-refractivity contribution in [3.05, 3.63) is 89.0 Å². The number of rotatable bonds is 11. The fraction of sp³-hybridized carbons (Fsp3) is 0.269. The zero-order valence-corrected chi connectivity index (χ0v) is 20.6. The summed E-state index contributed by atoms with van der Waals surface area (Å²) in [5.41, 5.74) is 2.39. The Morgan fingerprint density at radius 2 is 1.44 bits per heavy atom. The van der Waals surface area contributed by atoms with E-state index in [9.17, 15) is 14.4 Å². The second-order valence-corrected chi connectivity index (χ2v) is 8.26. The van der Waals surface area contributed by atoms with Gasteiger partial charge in [-0.05, 0) is 49.5 Å². The molecule has 3 rings (SSSR count). The van der Waals surface area contributed by atoms with Crippen molar-refractivity contribution < 1.29 is 19.1 Å². The van der Waals surface area contributed by atoms with Crippen LogP contribution in [0.5, 0.6) is 5.75 Å². The Labute approximate surface area is 210 Å². The van der Waals surface area contributed by atoms with E-state index in [1.54, 1.807) is 31.4 Å². The summed E-state index contributed by atoms with van der Waals surface area (Å²) in [5, 5.41) is 8.39. The van der Waals surface area contributed by atoms with Crippen LogP contribution < -0.4 is 20.7 Å². The molecule has 0 saturated heterocycles. The smallest absolute Gasteiger partial charge is 0.270 e. The van der Waals surface area contributed by atoms with Crippen LogP contribution in [0.25, 0.3) is 0 Å². The van der Waals surface area contributed by atoms with Gasteiger partial charge in [0.05, 0.1) is 7.11 Å². The molecule has 3 N–H and O–H groups in total. The van der Waals surface area contributed by atoms with E-state index in [0.717, 1.165) is 17.7 Å². The summed E-state index contributed by atoms with van der Waals surface area (Å²) >= 11 is 0. The molecule has 1 aromatic heterocycles. The number of carbonyl (C=O) groups excluding carboxylic acids is 3. The topological polar surface area (TPSA) is 126 Å². The normalized spacial score (nSPS) is 10.6. The number of benzene rings is 2. The Morgan fingerprint density at radius 1 is 0.806 bits per heavy atom. The zero-order chi connectivity index (χ0) is 25.9. The lowest BCUT2D eigenvalue weighted by atomic mass is 10.1. The summed E-state index contributed by atoms with van der Waals surface area (Å²) in [6.07, 6.45) is 1.18. The molecule has 0 aliphatic heterocycles. The lowest BCUT2D eigenvalue weighted by molar-refractivity contribution is 0.0935. The molecule has 36 heavy (non-hydrogen) atoms. The summed E-state index contributed by atoms with van der Waals surface area (Å²) in [4.78, 5) is 47.2. The predicted octanol–water partition coefficient (Wildman–Crippen LogP) is 1.64. The van der Waals surface area contributed by atoms with Crippen LogP contribution in [0.1, 0.15) is 42.5 Å². The van der Waals surface area contributed by atoms with Gasteiger partial charge in [-0.15, -0.1) is 0 Å². The molecule has 188 valence electrons. The molecule has 3 aromatic rings. The molecule has 2 aromatic carbocycles. The number of nitrogens with one attached hydrogen (secondary N) is 3. The number of nitrogens with zero attached hydrogens (tertiary/aromatic N) is 3. The van der Waals surface area contributed by atoms with Crippen molar-refractivity contribution >= 4 is 17.7 Å². The molecule has 0 aliphatic rings. The number of hydrogen-bond donors (Lipinski definition) is 3. The predicted molar refractivity (Wildman–Crippen MR) is 135 cm³/mol. The van der Waals surface area contributed by atoms with Gasteiger partial charge in [-0.1, -0.05) is 24.3 Å². The summed E-state index contributed by atoms with van der Waals surface area (Å²) in [6, 6.07) is 15.7. The van der Waals surface area contributed by atoms with Crippen LogP contribution in [0.4, 0.5) is 0 Å². The monoisotopic (exact) mass is 490 g/mol. The van der Waals surface area contributed by atoms with Crippen LogP contribution in [0, 0.1) is 0 Å². The van der Waals surface area contributed by atoms with Crippen molar-refractivity contribution in [2.24, 2.45) is 0 Å². The van der Waals surface area contributed by atoms with E-state index in [4.69, 9.17) is 4.74 Å². The maximum atomic E-state index is 12.6. The Bertz CT molecular complexity index is 1200. The summed E-state index contributed by atoms with van der Waals surface area (Å²) < 4.78 is 5.18. The minimum absolute atomic E-state index is 0.0772. The van der Waals surface area contributed by atoms with E-state index >= 15 is 0 Å². The number of methoxy groups -OCH3 is 1. The fourth-order valence-electron chi connectivity index (χ4n) is 3.20. The number of ether oxygens (including phenoxy) is 1. The number of aromatic nitrogens is 2. The molecule has 0 radical (unpaired) electrons. The van der Waals surface area contributed by atoms with E-state index in [-0.39, 0.29) is 30.4 Å². The van der Waals surface area contributed by atoms with Gasteiger partial charge in [0.2, 0.25) is 0 Å². The van der Waals surface area contributed by atoms with Crippen LogP contribution in [-0.4, -0.2) is 66.9 Å². The highest BCUT2D eigenvalue weighted by Gasteiger charge is 2.13. The van der Waals surface area contributed by atoms with Crippen LogP contribution in [0.3, 0.4) is 0 Å². The van der Waals surface area contributed by atoms with Gasteiger partial charge in [0.1, 0.15) is 23.5 Å². The van der Waals surface area contributed by atoms with Gasteiger partial charge in [0.15, 0.2) is 0 Å². The molecule has 0 spiro atoms. The van der Waals surface area contributed by atoms with Gasteiger partial charge >= 0.3 is 0 Å². The number of carbonyl (C=O) groups is 3. The van der Waals surface area contributed by atoms with E-state index in [0.29, 0.717) is 17.9 Å². The third kappa shape index (κ3) is 7.88. The van der Waals surface area contributed by atoms with Crippen LogP contribution in [0.15, 0.2) is 60.9 Å². The van der Waals surface area contributed by atoms with Crippen molar-refractivity contribution in [3.63, 3.8) is 0 Å². The van der Waals surface area contributed by atoms with Crippen LogP contribution in [0.2, 0.25) is 0 Å². The average Bonchev–Trinajstić information content (AvgIpc) is 2.90. The van der Waals surface area contributed by atoms with Crippen LogP contribution >= 0.6 is 0 Å². The van der Waals surface area contributed by atoms with Crippen molar-refractivity contribution in [1.29, 1.82) is 0 Å². The second kappa shape index (κ2) is 13.0. The lowest BCUT2D eigenvalue weighted by Crippen LogP contribution is -2.31. The third-order valence-electron chi connectivity index (χ3n) is 5.23. The van der Waals surface area contributed by atoms with E-state index < -0.39 is 11.8 Å². The van der Waals surface area contributed by atoms with Gasteiger partial charge in [0, 0.05) is 37.8 Å². The molecule has 10 nitrogen and oxygen atoms in total. The Hall–Kier alpha value is -4.31. The molecule has 0 bridgehead atoms. The minimum Gasteiger partial charge on any atom is -0.497 e. The highest BCUT2D eigenvalue weighted by Crippen LogP contribution is 2.12. The quantitative estimate of drug-likeness (QED) is 0.373. The SMILES string of the molecule is COc1cccc(CNC(=O)c2cc(C(=O)NCc3ccc(C(=O)NCCN(C)C)cc3)ncn2)c1. The zero-order valence-electron chi connectivity index (χ0n) is 20.6. The van der Waals surface area contributed by atoms with Gasteiger partial charge in [0.25, 0.3) is 17.7 Å². The third-order valence-corrected chi connectivity index (χ3v) is 5.23. The summed E-state index contributed by atoms with van der Waals surface area (Å²) in [6.45, 7) is 1.84. The van der Waals surface area contributed by atoms with E-state index in [1.165, 1.54) is 12.4 Å². The highest BCUT2D eigenvalue weighted by molar-refractivity contribution is 5.97. The molecule has 0 aliphatic carbocycles. The maximum absolute atomic E-state index is 12.6. The Kier molecular flexibility index (Phi) is 9.47. The second-order valence-electron chi connectivity index (χ2n) is 8.26. The average molecular weight is 491 g/mol. The molecule has 0 atom stereocenters. The van der Waals surface area contributed by atoms with E-state index in [2.05, 4.69) is 25.9 Å². The Balaban J connectivity index is 1.51. The first-order chi connectivity index (χ1) is 17.4. The van der Waals surface area contributed by atoms with E-state index in [1.807, 2.05) is 43.3 Å². The fourth-order valence-corrected chi connectivity index (χ4v) is 3.20. The minimum atomic E-state index is -0.440. The van der Waals surface area contributed by atoms with Crippen molar-refractivity contribution in [3.8, 4) is 5.75 Å². The van der Waals surface area contributed by atoms with Crippen molar-refractivity contribution in [2.45, 2.75) is 13.1 Å². The number of hydrogen-bond acceptors (Lipinski definition) is 7. The standard InChI is InChI=1S/C26H30N6O4/c1-32(2)12-11-27-24(33)20-9-7-18(8-10-20)15-28-25(34)22-14-23(31-17-30-22)26(35)29-16-19-5-4-6-21(13-19)36-3/h4-10,13-14,17H,11-12,15-16H2,1-3H3,(H,27,33)(H,28,34)(H,29,35). The maximum Gasteiger partial charge on any atom is 0.270 e. The summed E-state index contributed by atoms with van der Waals surface area (Å²) in [5.74, 6) is -0.315. The molecule has 3 amide bonds. The van der Waals surface area contributed by atoms with Gasteiger partial charge < -0.3 is 25.6 Å². The lowest BCUT2D eigenvalue weighted by Gasteiger charge is -2.11.